The molecule has 7 heteroatoms. The van der Waals surface area contributed by atoms with E-state index in [-0.39, 0.29) is 21.6 Å². The fourth-order valence-electron chi connectivity index (χ4n) is 1.44. The van der Waals surface area contributed by atoms with Crippen LogP contribution in [0.15, 0.2) is 18.5 Å². The van der Waals surface area contributed by atoms with Crippen molar-refractivity contribution in [3.8, 4) is 0 Å². The molecular formula is C9H6ClN3O3. The number of carbonyl (C=O) groups is 2. The predicted octanol–water partition coefficient (Wildman–Crippen LogP) is 1.31. The zero-order valence-electron chi connectivity index (χ0n) is 7.85. The number of halogens is 1. The summed E-state index contributed by atoms with van der Waals surface area (Å²) >= 11 is 5.86. The Hall–Kier alpha value is -2.08. The number of nitrogens with zero attached hydrogens (tertiary/aromatic N) is 2. The number of pyridine rings is 1. The third kappa shape index (κ3) is 1.40. The van der Waals surface area contributed by atoms with Crippen LogP contribution in [-0.2, 0) is 0 Å². The van der Waals surface area contributed by atoms with Gasteiger partial charge in [-0.15, -0.1) is 0 Å². The lowest BCUT2D eigenvalue weighted by Crippen LogP contribution is -2.18. The molecule has 0 aromatic carbocycles. The molecule has 0 saturated carbocycles. The quantitative estimate of drug-likeness (QED) is 0.784. The molecule has 6 nitrogen and oxygen atoms in total. The van der Waals surface area contributed by atoms with Crippen LogP contribution in [0.4, 0.5) is 4.79 Å². The number of carboxylic acids is 1. The van der Waals surface area contributed by atoms with Gasteiger partial charge in [0.15, 0.2) is 0 Å². The van der Waals surface area contributed by atoms with Crippen LogP contribution in [0, 0.1) is 0 Å². The fraction of sp³-hybridized carbons (Fsp3) is 0. The third-order valence-electron chi connectivity index (χ3n) is 2.10. The summed E-state index contributed by atoms with van der Waals surface area (Å²) in [7, 11) is 0. The van der Waals surface area contributed by atoms with Gasteiger partial charge >= 0.3 is 12.0 Å². The monoisotopic (exact) mass is 239 g/mol. The average molecular weight is 240 g/mol. The summed E-state index contributed by atoms with van der Waals surface area (Å²) < 4.78 is 0.949. The number of amides is 1. The van der Waals surface area contributed by atoms with Crippen LogP contribution in [0.3, 0.4) is 0 Å². The van der Waals surface area contributed by atoms with E-state index < -0.39 is 12.0 Å². The van der Waals surface area contributed by atoms with E-state index in [2.05, 4.69) is 4.98 Å². The van der Waals surface area contributed by atoms with Crippen molar-refractivity contribution in [3.05, 3.63) is 29.0 Å². The second-order valence-electron chi connectivity index (χ2n) is 3.05. The Morgan fingerprint density at radius 2 is 2.19 bits per heavy atom. The first-order valence-electron chi connectivity index (χ1n) is 4.21. The van der Waals surface area contributed by atoms with E-state index in [9.17, 15) is 9.59 Å². The Morgan fingerprint density at radius 3 is 2.75 bits per heavy atom. The predicted molar refractivity (Wildman–Crippen MR) is 56.7 cm³/mol. The number of aromatic carboxylic acids is 1. The zero-order valence-corrected chi connectivity index (χ0v) is 8.60. The van der Waals surface area contributed by atoms with E-state index in [0.29, 0.717) is 0 Å². The Labute approximate surface area is 94.2 Å². The van der Waals surface area contributed by atoms with Gasteiger partial charge in [-0.1, -0.05) is 11.6 Å². The van der Waals surface area contributed by atoms with Crippen LogP contribution in [0.25, 0.3) is 11.0 Å². The smallest absolute Gasteiger partial charge is 0.338 e. The summed E-state index contributed by atoms with van der Waals surface area (Å²) in [6, 6.07) is 0.633. The number of hydrogen-bond acceptors (Lipinski definition) is 3. The molecule has 0 aliphatic rings. The summed E-state index contributed by atoms with van der Waals surface area (Å²) in [5.41, 5.74) is 5.12. The maximum Gasteiger partial charge on any atom is 0.338 e. The standard InChI is InChI=1S/C9H6ClN3O3/c10-5-1-2-12-7-6(5)4(8(14)15)3-13(7)9(11)16/h1-3H,(H2,11,16)(H,14,15). The molecule has 0 fully saturated rings. The molecule has 0 unspecified atom stereocenters. The Bertz CT molecular complexity index is 605. The summed E-state index contributed by atoms with van der Waals surface area (Å²) in [5.74, 6) is -1.19. The highest BCUT2D eigenvalue weighted by atomic mass is 35.5. The summed E-state index contributed by atoms with van der Waals surface area (Å²) in [4.78, 5) is 25.9. The van der Waals surface area contributed by atoms with E-state index in [1.165, 1.54) is 12.3 Å². The molecule has 1 amide bonds. The topological polar surface area (TPSA) is 98.2 Å². The number of fused-ring (bicyclic) bond motifs is 1. The van der Waals surface area contributed by atoms with Gasteiger partial charge in [0.1, 0.15) is 5.65 Å². The highest BCUT2D eigenvalue weighted by Gasteiger charge is 2.19. The molecule has 0 saturated heterocycles. The minimum absolute atomic E-state index is 0.105. The molecule has 0 atom stereocenters. The molecular weight excluding hydrogens is 234 g/mol. The number of carboxylic acid groups (broad SMARTS) is 1. The first-order valence-corrected chi connectivity index (χ1v) is 4.59. The van der Waals surface area contributed by atoms with Gasteiger partial charge in [0.2, 0.25) is 0 Å². The Balaban J connectivity index is 2.93. The molecule has 16 heavy (non-hydrogen) atoms. The molecule has 0 aliphatic heterocycles. The summed E-state index contributed by atoms with van der Waals surface area (Å²) in [6.45, 7) is 0. The molecule has 0 aliphatic carbocycles. The summed E-state index contributed by atoms with van der Waals surface area (Å²) in [6.07, 6.45) is 2.48. The average Bonchev–Trinajstić information content (AvgIpc) is 2.58. The molecule has 2 aromatic rings. The van der Waals surface area contributed by atoms with E-state index in [0.717, 1.165) is 10.8 Å². The number of hydrogen-bond donors (Lipinski definition) is 2. The maximum absolute atomic E-state index is 11.1. The summed E-state index contributed by atoms with van der Waals surface area (Å²) in [5, 5.41) is 9.37. The van der Waals surface area contributed by atoms with E-state index in [4.69, 9.17) is 22.4 Å². The van der Waals surface area contributed by atoms with Crippen LogP contribution in [0.5, 0.6) is 0 Å². The van der Waals surface area contributed by atoms with Crippen LogP contribution in [-0.4, -0.2) is 26.7 Å². The second-order valence-corrected chi connectivity index (χ2v) is 3.45. The fourth-order valence-corrected chi connectivity index (χ4v) is 1.69. The molecule has 0 bridgehead atoms. The van der Waals surface area contributed by atoms with Crippen molar-refractivity contribution in [2.75, 3.05) is 0 Å². The first-order chi connectivity index (χ1) is 7.52. The zero-order chi connectivity index (χ0) is 11.9. The van der Waals surface area contributed by atoms with Gasteiger partial charge in [0.05, 0.1) is 16.0 Å². The normalized spacial score (nSPS) is 10.6. The molecule has 82 valence electrons. The Morgan fingerprint density at radius 1 is 1.50 bits per heavy atom. The van der Waals surface area contributed by atoms with Crippen LogP contribution >= 0.6 is 11.6 Å². The molecule has 0 radical (unpaired) electrons. The van der Waals surface area contributed by atoms with Gasteiger partial charge in [-0.3, -0.25) is 4.57 Å². The molecule has 2 rings (SSSR count). The van der Waals surface area contributed by atoms with Crippen LogP contribution < -0.4 is 5.73 Å². The molecule has 2 aromatic heterocycles. The SMILES string of the molecule is NC(=O)n1cc(C(=O)O)c2c(Cl)ccnc21. The third-order valence-corrected chi connectivity index (χ3v) is 2.42. The number of nitrogens with two attached hydrogens (primary N) is 1. The number of carbonyl (C=O) groups excluding carboxylic acids is 1. The first kappa shape index (κ1) is 10.4. The van der Waals surface area contributed by atoms with E-state index >= 15 is 0 Å². The van der Waals surface area contributed by atoms with Gasteiger partial charge in [0.25, 0.3) is 0 Å². The van der Waals surface area contributed by atoms with E-state index in [1.807, 2.05) is 0 Å². The van der Waals surface area contributed by atoms with Crippen molar-refractivity contribution in [2.24, 2.45) is 5.73 Å². The van der Waals surface area contributed by atoms with Crippen molar-refractivity contribution >= 4 is 34.6 Å². The highest BCUT2D eigenvalue weighted by Crippen LogP contribution is 2.26. The lowest BCUT2D eigenvalue weighted by molar-refractivity contribution is 0.0699. The van der Waals surface area contributed by atoms with Crippen LogP contribution in [0.2, 0.25) is 5.02 Å². The van der Waals surface area contributed by atoms with Crippen LogP contribution in [0.1, 0.15) is 10.4 Å². The van der Waals surface area contributed by atoms with Crippen molar-refractivity contribution in [1.82, 2.24) is 9.55 Å². The van der Waals surface area contributed by atoms with Gasteiger partial charge < -0.3 is 10.8 Å². The lowest BCUT2D eigenvalue weighted by Gasteiger charge is -1.97. The largest absolute Gasteiger partial charge is 0.478 e. The van der Waals surface area contributed by atoms with Crippen molar-refractivity contribution in [2.45, 2.75) is 0 Å². The number of rotatable bonds is 1. The maximum atomic E-state index is 11.1. The Kier molecular flexibility index (Phi) is 2.28. The molecule has 2 heterocycles. The van der Waals surface area contributed by atoms with Crippen molar-refractivity contribution in [3.63, 3.8) is 0 Å². The lowest BCUT2D eigenvalue weighted by atomic mass is 10.2. The van der Waals surface area contributed by atoms with Crippen molar-refractivity contribution < 1.29 is 14.7 Å². The minimum atomic E-state index is -1.19. The van der Waals surface area contributed by atoms with Gasteiger partial charge in [0, 0.05) is 12.4 Å². The van der Waals surface area contributed by atoms with Crippen molar-refractivity contribution in [1.29, 1.82) is 0 Å². The number of primary amides is 1. The second kappa shape index (κ2) is 3.49. The van der Waals surface area contributed by atoms with Gasteiger partial charge in [-0.05, 0) is 6.07 Å². The number of aromatic nitrogens is 2. The van der Waals surface area contributed by atoms with E-state index in [1.54, 1.807) is 0 Å². The van der Waals surface area contributed by atoms with Gasteiger partial charge in [-0.25, -0.2) is 14.6 Å². The molecule has 3 N–H and O–H groups in total. The highest BCUT2D eigenvalue weighted by molar-refractivity contribution is 6.36. The minimum Gasteiger partial charge on any atom is -0.478 e. The molecule has 0 spiro atoms. The van der Waals surface area contributed by atoms with Gasteiger partial charge in [-0.2, -0.15) is 0 Å².